The third-order valence-corrected chi connectivity index (χ3v) is 4.18. The minimum absolute atomic E-state index is 0.0831. The Morgan fingerprint density at radius 1 is 1.19 bits per heavy atom. The number of nitrogens with one attached hydrogen (secondary N) is 1. The van der Waals surface area contributed by atoms with E-state index in [-0.39, 0.29) is 11.7 Å². The number of phenols is 1. The molecule has 26 heavy (non-hydrogen) atoms. The molecule has 1 aromatic heterocycles. The summed E-state index contributed by atoms with van der Waals surface area (Å²) in [6.45, 7) is 5.29. The van der Waals surface area contributed by atoms with Gasteiger partial charge in [-0.05, 0) is 49.6 Å². The molecule has 1 aromatic carbocycles. The number of piperidine rings is 1. The molecule has 1 fully saturated rings. The number of benzene rings is 1. The number of carbonyl (C=O) groups excluding carboxylic acids is 1. The fraction of sp³-hybridized carbons (Fsp3) is 0.250. The number of rotatable bonds is 3. The zero-order valence-corrected chi connectivity index (χ0v) is 14.8. The highest BCUT2D eigenvalue weighted by Gasteiger charge is 2.12. The molecule has 1 aliphatic heterocycles. The van der Waals surface area contributed by atoms with Crippen molar-refractivity contribution in [1.29, 1.82) is 0 Å². The second-order valence-corrected chi connectivity index (χ2v) is 6.05. The smallest absolute Gasteiger partial charge is 0.245 e. The molecule has 0 unspecified atom stereocenters. The van der Waals surface area contributed by atoms with Crippen molar-refractivity contribution in [1.82, 2.24) is 9.88 Å². The molecule has 1 amide bonds. The molecular weight excluding hydrogens is 328 g/mol. The standard InChI is InChI=1S/C12H13N3O.C8H13NO/c13-10(7-8-5-6-15-12(8)14)9-3-1-2-4-11(9)16;1-2-8(10)9-6-4-3-5-7-9/h1-7,15-16H,13-14H2;2H,1,3-7H2/b10-7-;. The van der Waals surface area contributed by atoms with Gasteiger partial charge in [-0.25, -0.2) is 0 Å². The first kappa shape index (κ1) is 19.2. The molecule has 0 radical (unpaired) electrons. The number of anilines is 1. The summed E-state index contributed by atoms with van der Waals surface area (Å²) >= 11 is 0. The molecule has 1 saturated heterocycles. The molecule has 6 nitrogen and oxygen atoms in total. The van der Waals surface area contributed by atoms with Gasteiger partial charge in [-0.1, -0.05) is 18.7 Å². The van der Waals surface area contributed by atoms with Gasteiger partial charge < -0.3 is 26.5 Å². The van der Waals surface area contributed by atoms with Crippen LogP contribution in [0.1, 0.15) is 30.4 Å². The molecule has 2 aromatic rings. The fourth-order valence-corrected chi connectivity index (χ4v) is 2.73. The maximum atomic E-state index is 11.0. The van der Waals surface area contributed by atoms with Gasteiger partial charge in [-0.15, -0.1) is 0 Å². The molecular formula is C20H26N4O2. The van der Waals surface area contributed by atoms with Gasteiger partial charge in [0.2, 0.25) is 5.91 Å². The van der Waals surface area contributed by atoms with Crippen molar-refractivity contribution >= 4 is 23.5 Å². The monoisotopic (exact) mass is 354 g/mol. The Labute approximate surface area is 153 Å². The quantitative estimate of drug-likeness (QED) is 0.635. The molecule has 138 valence electrons. The summed E-state index contributed by atoms with van der Waals surface area (Å²) in [7, 11) is 0. The third-order valence-electron chi connectivity index (χ3n) is 4.18. The van der Waals surface area contributed by atoms with Crippen LogP contribution in [0.5, 0.6) is 5.75 Å². The topological polar surface area (TPSA) is 108 Å². The van der Waals surface area contributed by atoms with E-state index in [2.05, 4.69) is 11.6 Å². The molecule has 0 atom stereocenters. The fourth-order valence-electron chi connectivity index (χ4n) is 2.73. The Kier molecular flexibility index (Phi) is 6.91. The van der Waals surface area contributed by atoms with E-state index in [1.54, 1.807) is 30.5 Å². The Hall–Kier alpha value is -3.15. The highest BCUT2D eigenvalue weighted by Crippen LogP contribution is 2.24. The summed E-state index contributed by atoms with van der Waals surface area (Å²) in [5.74, 6) is 0.795. The lowest BCUT2D eigenvalue weighted by atomic mass is 10.1. The predicted molar refractivity (Wildman–Crippen MR) is 106 cm³/mol. The van der Waals surface area contributed by atoms with Crippen molar-refractivity contribution in [3.63, 3.8) is 0 Å². The minimum atomic E-state index is 0.0831. The number of phenolic OH excluding ortho intramolecular Hbond substituents is 1. The average molecular weight is 354 g/mol. The van der Waals surface area contributed by atoms with Crippen LogP contribution in [0.3, 0.4) is 0 Å². The number of nitrogens with zero attached hydrogens (tertiary/aromatic N) is 1. The van der Waals surface area contributed by atoms with Gasteiger partial charge in [0, 0.05) is 36.1 Å². The van der Waals surface area contributed by atoms with Gasteiger partial charge in [-0.2, -0.15) is 0 Å². The highest BCUT2D eigenvalue weighted by atomic mass is 16.3. The maximum absolute atomic E-state index is 11.0. The highest BCUT2D eigenvalue weighted by molar-refractivity contribution is 5.87. The molecule has 0 aliphatic carbocycles. The SMILES string of the molecule is C=CC(=O)N1CCCCC1.N/C(=C\c1cc[nH]c1N)c1ccccc1O. The molecule has 6 N–H and O–H groups in total. The van der Waals surface area contributed by atoms with Gasteiger partial charge in [0.1, 0.15) is 11.6 Å². The Balaban J connectivity index is 0.000000209. The number of aromatic amines is 1. The summed E-state index contributed by atoms with van der Waals surface area (Å²) in [5.41, 5.74) is 13.5. The van der Waals surface area contributed by atoms with Gasteiger partial charge >= 0.3 is 0 Å². The lowest BCUT2D eigenvalue weighted by molar-refractivity contribution is -0.126. The first-order valence-corrected chi connectivity index (χ1v) is 8.62. The van der Waals surface area contributed by atoms with Gasteiger partial charge in [-0.3, -0.25) is 4.79 Å². The van der Waals surface area contributed by atoms with Gasteiger partial charge in [0.15, 0.2) is 0 Å². The molecule has 6 heteroatoms. The summed E-state index contributed by atoms with van der Waals surface area (Å²) < 4.78 is 0. The van der Waals surface area contributed by atoms with Crippen molar-refractivity contribution in [2.24, 2.45) is 5.73 Å². The second-order valence-electron chi connectivity index (χ2n) is 6.05. The number of H-pyrrole nitrogens is 1. The molecule has 0 bridgehead atoms. The summed E-state index contributed by atoms with van der Waals surface area (Å²) in [6.07, 6.45) is 8.42. The van der Waals surface area contributed by atoms with E-state index < -0.39 is 0 Å². The number of hydrogen-bond donors (Lipinski definition) is 4. The van der Waals surface area contributed by atoms with Crippen LogP contribution in [0.2, 0.25) is 0 Å². The lowest BCUT2D eigenvalue weighted by Gasteiger charge is -2.25. The number of carbonyl (C=O) groups is 1. The van der Waals surface area contributed by atoms with E-state index in [4.69, 9.17) is 11.5 Å². The Morgan fingerprint density at radius 2 is 1.88 bits per heavy atom. The van der Waals surface area contributed by atoms with Crippen molar-refractivity contribution in [3.05, 3.63) is 60.3 Å². The zero-order valence-electron chi connectivity index (χ0n) is 14.8. The van der Waals surface area contributed by atoms with Crippen molar-refractivity contribution < 1.29 is 9.90 Å². The molecule has 0 saturated carbocycles. The van der Waals surface area contributed by atoms with Crippen molar-refractivity contribution in [2.45, 2.75) is 19.3 Å². The van der Waals surface area contributed by atoms with Crippen LogP contribution >= 0.6 is 0 Å². The van der Waals surface area contributed by atoms with Gasteiger partial charge in [0.25, 0.3) is 0 Å². The lowest BCUT2D eigenvalue weighted by Crippen LogP contribution is -2.34. The predicted octanol–water partition coefficient (Wildman–Crippen LogP) is 2.94. The maximum Gasteiger partial charge on any atom is 0.245 e. The largest absolute Gasteiger partial charge is 0.507 e. The Bertz CT molecular complexity index is 774. The van der Waals surface area contributed by atoms with E-state index >= 15 is 0 Å². The number of aromatic hydroxyl groups is 1. The van der Waals surface area contributed by atoms with E-state index in [0.29, 0.717) is 17.1 Å². The average Bonchev–Trinajstić information content (AvgIpc) is 3.07. The van der Waals surface area contributed by atoms with E-state index in [0.717, 1.165) is 31.5 Å². The summed E-state index contributed by atoms with van der Waals surface area (Å²) in [5, 5.41) is 9.62. The van der Waals surface area contributed by atoms with Crippen LogP contribution < -0.4 is 11.5 Å². The first-order valence-electron chi connectivity index (χ1n) is 8.62. The number of hydrogen-bond acceptors (Lipinski definition) is 4. The van der Waals surface area contributed by atoms with Crippen LogP contribution in [-0.2, 0) is 4.79 Å². The molecule has 1 aliphatic rings. The summed E-state index contributed by atoms with van der Waals surface area (Å²) in [4.78, 5) is 15.7. The third kappa shape index (κ3) is 5.17. The normalized spacial score (nSPS) is 14.3. The van der Waals surface area contributed by atoms with Crippen LogP contribution in [-0.4, -0.2) is 34.0 Å². The number of aromatic nitrogens is 1. The van der Waals surface area contributed by atoms with Crippen LogP contribution in [0.25, 0.3) is 11.8 Å². The minimum Gasteiger partial charge on any atom is -0.507 e. The van der Waals surface area contributed by atoms with Crippen LogP contribution in [0.15, 0.2) is 49.2 Å². The van der Waals surface area contributed by atoms with Crippen LogP contribution in [0, 0.1) is 0 Å². The first-order chi connectivity index (χ1) is 12.5. The number of para-hydroxylation sites is 1. The summed E-state index contributed by atoms with van der Waals surface area (Å²) in [6, 6.07) is 8.73. The number of likely N-dealkylation sites (tertiary alicyclic amines) is 1. The Morgan fingerprint density at radius 3 is 2.46 bits per heavy atom. The van der Waals surface area contributed by atoms with Crippen molar-refractivity contribution in [3.8, 4) is 5.75 Å². The molecule has 3 rings (SSSR count). The number of nitrogen functional groups attached to an aromatic ring is 1. The van der Waals surface area contributed by atoms with E-state index in [1.807, 2.05) is 17.0 Å². The molecule has 0 spiro atoms. The number of amides is 1. The van der Waals surface area contributed by atoms with E-state index in [1.165, 1.54) is 12.5 Å². The molecule has 2 heterocycles. The van der Waals surface area contributed by atoms with Crippen molar-refractivity contribution in [2.75, 3.05) is 18.8 Å². The second kappa shape index (κ2) is 9.36. The van der Waals surface area contributed by atoms with Gasteiger partial charge in [0.05, 0.1) is 0 Å². The van der Waals surface area contributed by atoms with Crippen LogP contribution in [0.4, 0.5) is 5.82 Å². The number of nitrogens with two attached hydrogens (primary N) is 2. The zero-order chi connectivity index (χ0) is 18.9. The van der Waals surface area contributed by atoms with E-state index in [9.17, 15) is 9.90 Å².